The second kappa shape index (κ2) is 4.03. The molecule has 1 N–H and O–H groups in total. The molecule has 0 aliphatic heterocycles. The molecule has 0 fully saturated rings. The van der Waals surface area contributed by atoms with Gasteiger partial charge in [0.2, 0.25) is 0 Å². The lowest BCUT2D eigenvalue weighted by molar-refractivity contribution is 0.514. The lowest BCUT2D eigenvalue weighted by Crippen LogP contribution is -2.28. The summed E-state index contributed by atoms with van der Waals surface area (Å²) >= 11 is -1.78. The summed E-state index contributed by atoms with van der Waals surface area (Å²) in [5.74, 6) is 0. The molecule has 1 unspecified atom stereocenters. The summed E-state index contributed by atoms with van der Waals surface area (Å²) in [6.07, 6.45) is 0.622. The second-order valence-electron chi connectivity index (χ2n) is 3.67. The van der Waals surface area contributed by atoms with Crippen molar-refractivity contribution in [2.24, 2.45) is 0 Å². The van der Waals surface area contributed by atoms with Crippen molar-refractivity contribution in [1.29, 1.82) is 0 Å². The third-order valence-electron chi connectivity index (χ3n) is 1.95. The fourth-order valence-corrected chi connectivity index (χ4v) is 1.44. The number of hydrogen-bond donors (Lipinski definition) is 1. The Morgan fingerprint density at radius 3 is 2.31 bits per heavy atom. The minimum absolute atomic E-state index is 0.568. The quantitative estimate of drug-likeness (QED) is 0.756. The molecule has 0 aliphatic carbocycles. The largest absolute Gasteiger partial charge is 0.306 e. The van der Waals surface area contributed by atoms with Crippen molar-refractivity contribution in [3.63, 3.8) is 0 Å². The maximum atomic E-state index is 10.9. The first kappa shape index (κ1) is 10.4. The first-order valence-electron chi connectivity index (χ1n) is 4.17. The van der Waals surface area contributed by atoms with Crippen molar-refractivity contribution < 1.29 is 8.76 Å². The second-order valence-corrected chi connectivity index (χ2v) is 5.27. The summed E-state index contributed by atoms with van der Waals surface area (Å²) in [6, 6.07) is 9.74. The Labute approximate surface area is 81.3 Å². The Bertz CT molecular complexity index is 293. The molecule has 0 spiro atoms. The fourth-order valence-electron chi connectivity index (χ4n) is 1.15. The first-order valence-corrected chi connectivity index (χ1v) is 5.28. The predicted octanol–water partition coefficient (Wildman–Crippen LogP) is 2.23. The smallest absolute Gasteiger partial charge is 0.158 e. The lowest BCUT2D eigenvalue weighted by Gasteiger charge is -2.19. The van der Waals surface area contributed by atoms with Crippen LogP contribution in [-0.4, -0.2) is 13.5 Å². The van der Waals surface area contributed by atoms with E-state index < -0.39 is 15.8 Å². The van der Waals surface area contributed by atoms with Crippen molar-refractivity contribution in [3.8, 4) is 0 Å². The van der Waals surface area contributed by atoms with E-state index in [1.54, 1.807) is 13.8 Å². The molecular weight excluding hydrogens is 184 g/mol. The monoisotopic (exact) mass is 198 g/mol. The standard InChI is InChI=1S/C10H14O2S/c1-10(2,13(11)12)8-9-6-4-3-5-7-9/h3-7H,8H2,1-2H3,(H,11,12). The summed E-state index contributed by atoms with van der Waals surface area (Å²) in [5, 5.41) is 0. The van der Waals surface area contributed by atoms with E-state index in [9.17, 15) is 4.21 Å². The molecule has 3 heteroatoms. The predicted molar refractivity (Wildman–Crippen MR) is 55.0 cm³/mol. The Morgan fingerprint density at radius 1 is 1.31 bits per heavy atom. The van der Waals surface area contributed by atoms with Crippen LogP contribution in [0, 0.1) is 0 Å². The zero-order valence-electron chi connectivity index (χ0n) is 7.86. The maximum Gasteiger partial charge on any atom is 0.158 e. The third-order valence-corrected chi connectivity index (χ3v) is 3.04. The Kier molecular flexibility index (Phi) is 3.22. The van der Waals surface area contributed by atoms with Gasteiger partial charge >= 0.3 is 0 Å². The van der Waals surface area contributed by atoms with Gasteiger partial charge in [-0.1, -0.05) is 30.3 Å². The molecule has 0 aliphatic rings. The molecular formula is C10H14O2S. The Hall–Kier alpha value is -0.670. The SMILES string of the molecule is CC(C)(Cc1ccccc1)S(=O)O. The van der Waals surface area contributed by atoms with E-state index in [4.69, 9.17) is 4.55 Å². The van der Waals surface area contributed by atoms with E-state index >= 15 is 0 Å². The first-order chi connectivity index (χ1) is 6.02. The molecule has 0 bridgehead atoms. The summed E-state index contributed by atoms with van der Waals surface area (Å²) in [5.41, 5.74) is 1.09. The van der Waals surface area contributed by atoms with E-state index in [0.717, 1.165) is 5.56 Å². The van der Waals surface area contributed by atoms with Crippen LogP contribution in [0.3, 0.4) is 0 Å². The molecule has 1 aromatic carbocycles. The van der Waals surface area contributed by atoms with Crippen LogP contribution in [0.4, 0.5) is 0 Å². The number of benzene rings is 1. The van der Waals surface area contributed by atoms with E-state index in [-0.39, 0.29) is 0 Å². The highest BCUT2D eigenvalue weighted by atomic mass is 32.2. The van der Waals surface area contributed by atoms with Crippen molar-refractivity contribution in [2.75, 3.05) is 0 Å². The molecule has 0 aromatic heterocycles. The van der Waals surface area contributed by atoms with Crippen LogP contribution in [-0.2, 0) is 17.5 Å². The number of hydrogen-bond acceptors (Lipinski definition) is 1. The fraction of sp³-hybridized carbons (Fsp3) is 0.400. The Balaban J connectivity index is 2.75. The molecule has 1 aromatic rings. The van der Waals surface area contributed by atoms with E-state index in [2.05, 4.69) is 0 Å². The van der Waals surface area contributed by atoms with Gasteiger partial charge in [0.1, 0.15) is 0 Å². The minimum Gasteiger partial charge on any atom is -0.306 e. The molecule has 1 rings (SSSR count). The highest BCUT2D eigenvalue weighted by Gasteiger charge is 2.24. The van der Waals surface area contributed by atoms with Gasteiger partial charge in [-0.05, 0) is 25.8 Å². The molecule has 1 atom stereocenters. The van der Waals surface area contributed by atoms with E-state index in [1.807, 2.05) is 30.3 Å². The van der Waals surface area contributed by atoms with Gasteiger partial charge < -0.3 is 4.55 Å². The molecule has 0 radical (unpaired) electrons. The molecule has 0 saturated carbocycles. The Morgan fingerprint density at radius 2 is 1.85 bits per heavy atom. The minimum atomic E-state index is -1.78. The summed E-state index contributed by atoms with van der Waals surface area (Å²) < 4.78 is 19.4. The molecule has 0 amide bonds. The van der Waals surface area contributed by atoms with Gasteiger partial charge in [-0.15, -0.1) is 0 Å². The van der Waals surface area contributed by atoms with Crippen molar-refractivity contribution >= 4 is 11.1 Å². The average molecular weight is 198 g/mol. The van der Waals surface area contributed by atoms with Crippen LogP contribution in [0.5, 0.6) is 0 Å². The summed E-state index contributed by atoms with van der Waals surface area (Å²) in [6.45, 7) is 3.58. The van der Waals surface area contributed by atoms with Gasteiger partial charge in [-0.3, -0.25) is 0 Å². The van der Waals surface area contributed by atoms with Crippen LogP contribution in [0.2, 0.25) is 0 Å². The molecule has 0 saturated heterocycles. The number of rotatable bonds is 3. The van der Waals surface area contributed by atoms with E-state index in [1.165, 1.54) is 0 Å². The average Bonchev–Trinajstić information content (AvgIpc) is 2.05. The van der Waals surface area contributed by atoms with Crippen molar-refractivity contribution in [2.45, 2.75) is 25.0 Å². The molecule has 72 valence electrons. The van der Waals surface area contributed by atoms with E-state index in [0.29, 0.717) is 6.42 Å². The van der Waals surface area contributed by atoms with Crippen LogP contribution in [0.25, 0.3) is 0 Å². The van der Waals surface area contributed by atoms with Gasteiger partial charge in [0, 0.05) is 0 Å². The highest BCUT2D eigenvalue weighted by Crippen LogP contribution is 2.17. The van der Waals surface area contributed by atoms with Crippen LogP contribution >= 0.6 is 0 Å². The van der Waals surface area contributed by atoms with Gasteiger partial charge in [0.05, 0.1) is 4.75 Å². The molecule has 0 heterocycles. The summed E-state index contributed by atoms with van der Waals surface area (Å²) in [4.78, 5) is 0. The lowest BCUT2D eigenvalue weighted by atomic mass is 10.0. The topological polar surface area (TPSA) is 37.3 Å². The van der Waals surface area contributed by atoms with Gasteiger partial charge in [0.15, 0.2) is 11.1 Å². The van der Waals surface area contributed by atoms with Crippen LogP contribution in [0.15, 0.2) is 30.3 Å². The molecule has 13 heavy (non-hydrogen) atoms. The van der Waals surface area contributed by atoms with Crippen LogP contribution in [0.1, 0.15) is 19.4 Å². The molecule has 2 nitrogen and oxygen atoms in total. The van der Waals surface area contributed by atoms with Crippen LogP contribution < -0.4 is 0 Å². The van der Waals surface area contributed by atoms with Crippen molar-refractivity contribution in [3.05, 3.63) is 35.9 Å². The third kappa shape index (κ3) is 2.94. The highest BCUT2D eigenvalue weighted by molar-refractivity contribution is 7.80. The van der Waals surface area contributed by atoms with Gasteiger partial charge in [-0.2, -0.15) is 0 Å². The zero-order valence-corrected chi connectivity index (χ0v) is 8.67. The zero-order chi connectivity index (χ0) is 9.90. The van der Waals surface area contributed by atoms with Gasteiger partial charge in [0.25, 0.3) is 0 Å². The maximum absolute atomic E-state index is 10.9. The van der Waals surface area contributed by atoms with Gasteiger partial charge in [-0.25, -0.2) is 4.21 Å². The summed E-state index contributed by atoms with van der Waals surface area (Å²) in [7, 11) is 0. The normalized spacial score (nSPS) is 14.1. The van der Waals surface area contributed by atoms with Crippen molar-refractivity contribution in [1.82, 2.24) is 0 Å².